The van der Waals surface area contributed by atoms with E-state index in [9.17, 15) is 14.4 Å². The fourth-order valence-electron chi connectivity index (χ4n) is 8.10. The summed E-state index contributed by atoms with van der Waals surface area (Å²) in [5, 5.41) is 0. The summed E-state index contributed by atoms with van der Waals surface area (Å²) in [6, 6.07) is 0. The molecule has 0 amide bonds. The SMILES string of the molecule is CCCCCCCCCCCCCCCCCCC(=O)O[C@@H](COC(=O)CCCCCCCCCCCCC(C)CC)COC(=O)CCCCCCCCCCC(C)CC. The van der Waals surface area contributed by atoms with Crippen molar-refractivity contribution in [2.24, 2.45) is 11.8 Å². The Morgan fingerprint density at radius 3 is 0.867 bits per heavy atom. The second kappa shape index (κ2) is 46.9. The molecule has 3 atom stereocenters. The maximum Gasteiger partial charge on any atom is 0.306 e. The Morgan fingerprint density at radius 1 is 0.333 bits per heavy atom. The van der Waals surface area contributed by atoms with E-state index in [1.165, 1.54) is 186 Å². The number of hydrogen-bond acceptors (Lipinski definition) is 6. The van der Waals surface area contributed by atoms with Crippen LogP contribution in [0.25, 0.3) is 0 Å². The van der Waals surface area contributed by atoms with Crippen molar-refractivity contribution in [1.82, 2.24) is 0 Å². The molecular formula is C54H104O6. The van der Waals surface area contributed by atoms with Crippen LogP contribution < -0.4 is 0 Å². The first-order chi connectivity index (χ1) is 29.3. The predicted molar refractivity (Wildman–Crippen MR) is 256 cm³/mol. The van der Waals surface area contributed by atoms with Gasteiger partial charge in [-0.25, -0.2) is 0 Å². The molecular weight excluding hydrogens is 745 g/mol. The molecule has 0 aliphatic rings. The Hall–Kier alpha value is -1.59. The van der Waals surface area contributed by atoms with Crippen molar-refractivity contribution >= 4 is 17.9 Å². The highest BCUT2D eigenvalue weighted by Crippen LogP contribution is 2.18. The quantitative estimate of drug-likeness (QED) is 0.0345. The molecule has 0 saturated carbocycles. The smallest absolute Gasteiger partial charge is 0.306 e. The largest absolute Gasteiger partial charge is 0.462 e. The summed E-state index contributed by atoms with van der Waals surface area (Å²) in [5.41, 5.74) is 0. The Morgan fingerprint density at radius 2 is 0.583 bits per heavy atom. The second-order valence-electron chi connectivity index (χ2n) is 19.0. The van der Waals surface area contributed by atoms with Gasteiger partial charge in [0, 0.05) is 19.3 Å². The third-order valence-electron chi connectivity index (χ3n) is 12.9. The van der Waals surface area contributed by atoms with Gasteiger partial charge in [-0.05, 0) is 31.1 Å². The highest BCUT2D eigenvalue weighted by Gasteiger charge is 2.19. The third-order valence-corrected chi connectivity index (χ3v) is 12.9. The van der Waals surface area contributed by atoms with E-state index in [4.69, 9.17) is 14.2 Å². The molecule has 2 unspecified atom stereocenters. The monoisotopic (exact) mass is 849 g/mol. The average Bonchev–Trinajstić information content (AvgIpc) is 3.25. The Balaban J connectivity index is 4.33. The van der Waals surface area contributed by atoms with Crippen LogP contribution in [0.15, 0.2) is 0 Å². The lowest BCUT2D eigenvalue weighted by Gasteiger charge is -2.18. The zero-order valence-corrected chi connectivity index (χ0v) is 41.1. The van der Waals surface area contributed by atoms with E-state index in [-0.39, 0.29) is 31.1 Å². The van der Waals surface area contributed by atoms with Crippen LogP contribution in [0.5, 0.6) is 0 Å². The Bertz CT molecular complexity index is 920. The molecule has 0 spiro atoms. The fourth-order valence-corrected chi connectivity index (χ4v) is 8.10. The van der Waals surface area contributed by atoms with Gasteiger partial charge in [-0.2, -0.15) is 0 Å². The molecule has 0 aromatic carbocycles. The molecule has 6 nitrogen and oxygen atoms in total. The van der Waals surface area contributed by atoms with E-state index >= 15 is 0 Å². The minimum absolute atomic E-state index is 0.0640. The van der Waals surface area contributed by atoms with Crippen LogP contribution in [0.3, 0.4) is 0 Å². The van der Waals surface area contributed by atoms with Crippen LogP contribution in [-0.4, -0.2) is 37.2 Å². The van der Waals surface area contributed by atoms with Crippen LogP contribution in [-0.2, 0) is 28.6 Å². The lowest BCUT2D eigenvalue weighted by atomic mass is 9.99. The summed E-state index contributed by atoms with van der Waals surface area (Å²) in [6.45, 7) is 11.4. The van der Waals surface area contributed by atoms with Gasteiger partial charge in [0.05, 0.1) is 0 Å². The first kappa shape index (κ1) is 58.4. The van der Waals surface area contributed by atoms with Crippen LogP contribution in [0.1, 0.15) is 298 Å². The minimum atomic E-state index is -0.762. The van der Waals surface area contributed by atoms with E-state index in [0.717, 1.165) is 69.6 Å². The molecule has 0 fully saturated rings. The van der Waals surface area contributed by atoms with Gasteiger partial charge in [-0.1, -0.05) is 259 Å². The normalized spacial score (nSPS) is 12.9. The van der Waals surface area contributed by atoms with E-state index in [2.05, 4.69) is 34.6 Å². The van der Waals surface area contributed by atoms with Gasteiger partial charge >= 0.3 is 17.9 Å². The molecule has 0 bridgehead atoms. The summed E-state index contributed by atoms with van der Waals surface area (Å²) in [5.74, 6) is 0.870. The Kier molecular flexibility index (Phi) is 45.7. The molecule has 6 heteroatoms. The molecule has 356 valence electrons. The molecule has 0 aliphatic carbocycles. The zero-order chi connectivity index (χ0) is 44.0. The summed E-state index contributed by atoms with van der Waals surface area (Å²) >= 11 is 0. The van der Waals surface area contributed by atoms with Crippen LogP contribution in [0.4, 0.5) is 0 Å². The number of unbranched alkanes of at least 4 members (excludes halogenated alkanes) is 31. The predicted octanol–water partition coefficient (Wildman–Crippen LogP) is 17.3. The van der Waals surface area contributed by atoms with Gasteiger partial charge in [0.1, 0.15) is 13.2 Å². The van der Waals surface area contributed by atoms with Crippen LogP contribution in [0, 0.1) is 11.8 Å². The minimum Gasteiger partial charge on any atom is -0.462 e. The van der Waals surface area contributed by atoms with Crippen LogP contribution >= 0.6 is 0 Å². The van der Waals surface area contributed by atoms with E-state index in [1.54, 1.807) is 0 Å². The molecule has 0 N–H and O–H groups in total. The highest BCUT2D eigenvalue weighted by molar-refractivity contribution is 5.71. The number of carbonyl (C=O) groups excluding carboxylic acids is 3. The molecule has 0 saturated heterocycles. The molecule has 60 heavy (non-hydrogen) atoms. The maximum atomic E-state index is 12.8. The first-order valence-corrected chi connectivity index (χ1v) is 26.8. The van der Waals surface area contributed by atoms with Crippen molar-refractivity contribution in [2.75, 3.05) is 13.2 Å². The summed E-state index contributed by atoms with van der Waals surface area (Å²) in [4.78, 5) is 38.0. The number of ether oxygens (including phenoxy) is 3. The van der Waals surface area contributed by atoms with Crippen LogP contribution in [0.2, 0.25) is 0 Å². The van der Waals surface area contributed by atoms with Gasteiger partial charge < -0.3 is 14.2 Å². The number of esters is 3. The van der Waals surface area contributed by atoms with E-state index in [0.29, 0.717) is 19.3 Å². The molecule has 0 heterocycles. The van der Waals surface area contributed by atoms with Crippen molar-refractivity contribution in [1.29, 1.82) is 0 Å². The van der Waals surface area contributed by atoms with Crippen molar-refractivity contribution < 1.29 is 28.6 Å². The van der Waals surface area contributed by atoms with Gasteiger partial charge in [-0.3, -0.25) is 14.4 Å². The van der Waals surface area contributed by atoms with Gasteiger partial charge in [0.2, 0.25) is 0 Å². The molecule has 0 radical (unpaired) electrons. The lowest BCUT2D eigenvalue weighted by Crippen LogP contribution is -2.30. The first-order valence-electron chi connectivity index (χ1n) is 26.8. The number of carbonyl (C=O) groups is 3. The number of rotatable bonds is 48. The summed E-state index contributed by atoms with van der Waals surface area (Å²) in [6.07, 6.45) is 47.9. The standard InChI is InChI=1S/C54H104O6/c1-6-9-10-11-12-13-14-15-16-17-18-19-24-31-36-41-46-54(57)60-51(48-59-53(56)45-40-35-30-26-25-28-33-38-43-50(5)8-3)47-58-52(55)44-39-34-29-23-21-20-22-27-32-37-42-49(4)7-2/h49-51H,6-48H2,1-5H3/t49?,50?,51-/m0/s1. The van der Waals surface area contributed by atoms with Gasteiger partial charge in [-0.15, -0.1) is 0 Å². The molecule has 0 aromatic rings. The number of hydrogen-bond donors (Lipinski definition) is 0. The van der Waals surface area contributed by atoms with Crippen molar-refractivity contribution in [3.05, 3.63) is 0 Å². The zero-order valence-electron chi connectivity index (χ0n) is 41.1. The Labute approximate surface area is 374 Å². The van der Waals surface area contributed by atoms with Gasteiger partial charge in [0.25, 0.3) is 0 Å². The van der Waals surface area contributed by atoms with Crippen molar-refractivity contribution in [3.63, 3.8) is 0 Å². The molecule has 0 rings (SSSR count). The topological polar surface area (TPSA) is 78.9 Å². The van der Waals surface area contributed by atoms with Crippen molar-refractivity contribution in [3.8, 4) is 0 Å². The lowest BCUT2D eigenvalue weighted by molar-refractivity contribution is -0.167. The maximum absolute atomic E-state index is 12.8. The summed E-state index contributed by atoms with van der Waals surface area (Å²) in [7, 11) is 0. The molecule has 0 aliphatic heterocycles. The summed E-state index contributed by atoms with van der Waals surface area (Å²) < 4.78 is 16.8. The molecule has 0 aromatic heterocycles. The van der Waals surface area contributed by atoms with E-state index in [1.807, 2.05) is 0 Å². The third kappa shape index (κ3) is 44.5. The van der Waals surface area contributed by atoms with Crippen molar-refractivity contribution in [2.45, 2.75) is 304 Å². The fraction of sp³-hybridized carbons (Fsp3) is 0.944. The second-order valence-corrected chi connectivity index (χ2v) is 19.0. The highest BCUT2D eigenvalue weighted by atomic mass is 16.6. The average molecular weight is 849 g/mol. The van der Waals surface area contributed by atoms with E-state index < -0.39 is 6.10 Å². The van der Waals surface area contributed by atoms with Gasteiger partial charge in [0.15, 0.2) is 6.10 Å².